The van der Waals surface area contributed by atoms with E-state index < -0.39 is 0 Å². The lowest BCUT2D eigenvalue weighted by atomic mass is 10.1. The predicted molar refractivity (Wildman–Crippen MR) is 71.4 cm³/mol. The third kappa shape index (κ3) is 3.51. The van der Waals surface area contributed by atoms with Crippen LogP contribution in [-0.2, 0) is 6.54 Å². The van der Waals surface area contributed by atoms with Crippen LogP contribution in [0.3, 0.4) is 0 Å². The maximum absolute atomic E-state index is 11.9. The molecule has 0 saturated carbocycles. The van der Waals surface area contributed by atoms with Crippen LogP contribution >= 0.6 is 11.3 Å². The van der Waals surface area contributed by atoms with Gasteiger partial charge in [-0.05, 0) is 29.4 Å². The minimum atomic E-state index is 0.170. The van der Waals surface area contributed by atoms with Crippen LogP contribution < -0.4 is 0 Å². The second-order valence-corrected chi connectivity index (χ2v) is 4.87. The lowest BCUT2D eigenvalue weighted by Gasteiger charge is -2.14. The van der Waals surface area contributed by atoms with Gasteiger partial charge in [0.05, 0.1) is 6.54 Å². The molecule has 2 rings (SSSR count). The summed E-state index contributed by atoms with van der Waals surface area (Å²) >= 11 is 1.69. The normalized spacial score (nSPS) is 10.7. The first-order valence-corrected chi connectivity index (χ1v) is 6.48. The molecule has 0 fully saturated rings. The SMILES string of the molecule is CN(CC(=O)c1ccccc1)Cc1ccsc1. The van der Waals surface area contributed by atoms with E-state index in [2.05, 4.69) is 16.8 Å². The highest BCUT2D eigenvalue weighted by atomic mass is 32.1. The van der Waals surface area contributed by atoms with Crippen LogP contribution in [0.2, 0.25) is 0 Å². The highest BCUT2D eigenvalue weighted by Crippen LogP contribution is 2.09. The zero-order valence-corrected chi connectivity index (χ0v) is 10.6. The topological polar surface area (TPSA) is 20.3 Å². The molecule has 88 valence electrons. The summed E-state index contributed by atoms with van der Waals surface area (Å²) in [6.07, 6.45) is 0. The van der Waals surface area contributed by atoms with E-state index >= 15 is 0 Å². The summed E-state index contributed by atoms with van der Waals surface area (Å²) in [6, 6.07) is 11.5. The van der Waals surface area contributed by atoms with Gasteiger partial charge in [0, 0.05) is 12.1 Å². The summed E-state index contributed by atoms with van der Waals surface area (Å²) < 4.78 is 0. The maximum Gasteiger partial charge on any atom is 0.176 e. The number of hydrogen-bond acceptors (Lipinski definition) is 3. The molecule has 0 saturated heterocycles. The third-order valence-electron chi connectivity index (χ3n) is 2.54. The first-order chi connectivity index (χ1) is 8.25. The minimum absolute atomic E-state index is 0.170. The highest BCUT2D eigenvalue weighted by Gasteiger charge is 2.09. The smallest absolute Gasteiger partial charge is 0.176 e. The van der Waals surface area contributed by atoms with Crippen molar-refractivity contribution in [3.63, 3.8) is 0 Å². The molecule has 2 nitrogen and oxygen atoms in total. The van der Waals surface area contributed by atoms with Crippen LogP contribution in [0.5, 0.6) is 0 Å². The Hall–Kier alpha value is -1.45. The molecule has 0 N–H and O–H groups in total. The number of nitrogens with zero attached hydrogens (tertiary/aromatic N) is 1. The molecule has 0 unspecified atom stereocenters. The molecule has 0 atom stereocenters. The van der Waals surface area contributed by atoms with E-state index in [0.29, 0.717) is 6.54 Å². The van der Waals surface area contributed by atoms with E-state index in [0.717, 1.165) is 12.1 Å². The second kappa shape index (κ2) is 5.75. The summed E-state index contributed by atoms with van der Waals surface area (Å²) in [5, 5.41) is 4.17. The molecule has 1 aromatic carbocycles. The molecule has 0 bridgehead atoms. The molecule has 0 aliphatic carbocycles. The standard InChI is InChI=1S/C14H15NOS/c1-15(9-12-7-8-17-11-12)10-14(16)13-5-3-2-4-6-13/h2-8,11H,9-10H2,1H3. The number of rotatable bonds is 5. The average molecular weight is 245 g/mol. The van der Waals surface area contributed by atoms with Gasteiger partial charge >= 0.3 is 0 Å². The summed E-state index contributed by atoms with van der Waals surface area (Å²) in [5.74, 6) is 0.170. The zero-order valence-electron chi connectivity index (χ0n) is 9.80. The summed E-state index contributed by atoms with van der Waals surface area (Å²) in [7, 11) is 1.97. The molecule has 0 radical (unpaired) electrons. The number of carbonyl (C=O) groups excluding carboxylic acids is 1. The molecular weight excluding hydrogens is 230 g/mol. The van der Waals surface area contributed by atoms with Crippen LogP contribution in [-0.4, -0.2) is 24.3 Å². The summed E-state index contributed by atoms with van der Waals surface area (Å²) in [6.45, 7) is 1.28. The first kappa shape index (κ1) is 12.0. The van der Waals surface area contributed by atoms with Crippen LogP contribution in [0.1, 0.15) is 15.9 Å². The molecule has 0 spiro atoms. The van der Waals surface area contributed by atoms with Gasteiger partial charge in [-0.3, -0.25) is 9.69 Å². The Bertz CT molecular complexity index is 464. The highest BCUT2D eigenvalue weighted by molar-refractivity contribution is 7.07. The number of hydrogen-bond donors (Lipinski definition) is 0. The monoisotopic (exact) mass is 245 g/mol. The van der Waals surface area contributed by atoms with Crippen molar-refractivity contribution < 1.29 is 4.79 Å². The van der Waals surface area contributed by atoms with Gasteiger partial charge in [0.25, 0.3) is 0 Å². The van der Waals surface area contributed by atoms with Crippen LogP contribution in [0, 0.1) is 0 Å². The van der Waals surface area contributed by atoms with Crippen LogP contribution in [0.25, 0.3) is 0 Å². The van der Waals surface area contributed by atoms with Crippen molar-refractivity contribution >= 4 is 17.1 Å². The van der Waals surface area contributed by atoms with Gasteiger partial charge < -0.3 is 0 Å². The molecule has 0 aliphatic rings. The van der Waals surface area contributed by atoms with Crippen molar-refractivity contribution in [3.05, 3.63) is 58.3 Å². The molecule has 0 aliphatic heterocycles. The molecule has 1 aromatic heterocycles. The van der Waals surface area contributed by atoms with E-state index in [1.165, 1.54) is 5.56 Å². The van der Waals surface area contributed by atoms with Crippen LogP contribution in [0.15, 0.2) is 47.2 Å². The van der Waals surface area contributed by atoms with Crippen molar-refractivity contribution in [2.24, 2.45) is 0 Å². The predicted octanol–water partition coefficient (Wildman–Crippen LogP) is 3.06. The van der Waals surface area contributed by atoms with Crippen molar-refractivity contribution in [1.82, 2.24) is 4.90 Å². The number of ketones is 1. The number of benzene rings is 1. The fourth-order valence-corrected chi connectivity index (χ4v) is 2.37. The van der Waals surface area contributed by atoms with Crippen molar-refractivity contribution in [1.29, 1.82) is 0 Å². The van der Waals surface area contributed by atoms with Crippen molar-refractivity contribution in [2.45, 2.75) is 6.54 Å². The summed E-state index contributed by atoms with van der Waals surface area (Å²) in [5.41, 5.74) is 2.04. The molecular formula is C14H15NOS. The molecule has 1 heterocycles. The third-order valence-corrected chi connectivity index (χ3v) is 3.27. The van der Waals surface area contributed by atoms with E-state index in [1.54, 1.807) is 11.3 Å². The van der Waals surface area contributed by atoms with Gasteiger partial charge in [-0.2, -0.15) is 11.3 Å². The first-order valence-electron chi connectivity index (χ1n) is 5.53. The van der Waals surface area contributed by atoms with Gasteiger partial charge in [0.1, 0.15) is 0 Å². The fraction of sp³-hybridized carbons (Fsp3) is 0.214. The van der Waals surface area contributed by atoms with Gasteiger partial charge in [-0.15, -0.1) is 0 Å². The van der Waals surface area contributed by atoms with E-state index in [4.69, 9.17) is 0 Å². The van der Waals surface area contributed by atoms with Gasteiger partial charge in [-0.25, -0.2) is 0 Å². The molecule has 3 heteroatoms. The fourth-order valence-electron chi connectivity index (χ4n) is 1.71. The van der Waals surface area contributed by atoms with E-state index in [-0.39, 0.29) is 5.78 Å². The number of carbonyl (C=O) groups is 1. The Kier molecular flexibility index (Phi) is 4.07. The van der Waals surface area contributed by atoms with Gasteiger partial charge in [-0.1, -0.05) is 30.3 Å². The maximum atomic E-state index is 11.9. The van der Waals surface area contributed by atoms with Gasteiger partial charge in [0.15, 0.2) is 5.78 Å². The summed E-state index contributed by atoms with van der Waals surface area (Å²) in [4.78, 5) is 14.0. The molecule has 2 aromatic rings. The number of Topliss-reactive ketones (excluding diaryl/α,β-unsaturated/α-hetero) is 1. The van der Waals surface area contributed by atoms with Gasteiger partial charge in [0.2, 0.25) is 0 Å². The van der Waals surface area contributed by atoms with Crippen molar-refractivity contribution in [3.8, 4) is 0 Å². The van der Waals surface area contributed by atoms with E-state index in [9.17, 15) is 4.79 Å². The Morgan fingerprint density at radius 2 is 2.00 bits per heavy atom. The second-order valence-electron chi connectivity index (χ2n) is 4.09. The Labute approximate surface area is 106 Å². The number of likely N-dealkylation sites (N-methyl/N-ethyl adjacent to an activating group) is 1. The Balaban J connectivity index is 1.91. The lowest BCUT2D eigenvalue weighted by Crippen LogP contribution is -2.25. The lowest BCUT2D eigenvalue weighted by molar-refractivity contribution is 0.0943. The van der Waals surface area contributed by atoms with Crippen molar-refractivity contribution in [2.75, 3.05) is 13.6 Å². The molecule has 0 amide bonds. The Morgan fingerprint density at radius 1 is 1.24 bits per heavy atom. The van der Waals surface area contributed by atoms with Crippen LogP contribution in [0.4, 0.5) is 0 Å². The minimum Gasteiger partial charge on any atom is -0.295 e. The molecule has 17 heavy (non-hydrogen) atoms. The average Bonchev–Trinajstić information content (AvgIpc) is 2.82. The number of thiophene rings is 1. The quantitative estimate of drug-likeness (QED) is 0.755. The van der Waals surface area contributed by atoms with E-state index in [1.807, 2.05) is 42.3 Å². The Morgan fingerprint density at radius 3 is 2.65 bits per heavy atom. The zero-order chi connectivity index (χ0) is 12.1. The largest absolute Gasteiger partial charge is 0.295 e.